The number of hydrogen-bond acceptors (Lipinski definition) is 3. The van der Waals surface area contributed by atoms with Gasteiger partial charge in [0.25, 0.3) is 0 Å². The molecule has 0 amide bonds. The molecule has 1 heterocycles. The first kappa shape index (κ1) is 14.4. The van der Waals surface area contributed by atoms with Gasteiger partial charge in [-0.05, 0) is 47.4 Å². The van der Waals surface area contributed by atoms with Crippen molar-refractivity contribution in [3.63, 3.8) is 0 Å². The van der Waals surface area contributed by atoms with Crippen LogP contribution >= 0.6 is 0 Å². The molecule has 0 bridgehead atoms. The standard InChI is InChI=1S/C18H22O3/c1-3-17-16(8-9-21-17)18(19)14-5-4-13-11-15(20-2)7-6-12(13)10-14/h4-7,10-11,16-19H,3,8-9H2,1-2H3. The lowest BCUT2D eigenvalue weighted by molar-refractivity contribution is 0.0308. The van der Waals surface area contributed by atoms with Crippen molar-refractivity contribution < 1.29 is 14.6 Å². The third kappa shape index (κ3) is 2.76. The van der Waals surface area contributed by atoms with Gasteiger partial charge >= 0.3 is 0 Å². The quantitative estimate of drug-likeness (QED) is 0.931. The molecule has 1 aliphatic heterocycles. The van der Waals surface area contributed by atoms with Crippen molar-refractivity contribution in [2.45, 2.75) is 32.0 Å². The van der Waals surface area contributed by atoms with Crippen molar-refractivity contribution in [3.8, 4) is 5.75 Å². The van der Waals surface area contributed by atoms with Gasteiger partial charge in [-0.1, -0.05) is 25.1 Å². The molecular weight excluding hydrogens is 264 g/mol. The molecule has 0 saturated carbocycles. The van der Waals surface area contributed by atoms with E-state index in [1.165, 1.54) is 0 Å². The summed E-state index contributed by atoms with van der Waals surface area (Å²) in [5.41, 5.74) is 0.974. The lowest BCUT2D eigenvalue weighted by atomic mass is 9.88. The third-order valence-electron chi connectivity index (χ3n) is 4.48. The molecule has 2 aromatic rings. The first-order valence-electron chi connectivity index (χ1n) is 7.60. The average molecular weight is 286 g/mol. The van der Waals surface area contributed by atoms with Crippen LogP contribution in [0.4, 0.5) is 0 Å². The van der Waals surface area contributed by atoms with Crippen LogP contribution in [0.25, 0.3) is 10.8 Å². The van der Waals surface area contributed by atoms with E-state index in [4.69, 9.17) is 9.47 Å². The summed E-state index contributed by atoms with van der Waals surface area (Å²) in [7, 11) is 1.67. The van der Waals surface area contributed by atoms with E-state index in [-0.39, 0.29) is 12.0 Å². The summed E-state index contributed by atoms with van der Waals surface area (Å²) >= 11 is 0. The first-order valence-corrected chi connectivity index (χ1v) is 7.60. The van der Waals surface area contributed by atoms with Crippen LogP contribution in [-0.2, 0) is 4.74 Å². The van der Waals surface area contributed by atoms with Crippen LogP contribution in [-0.4, -0.2) is 24.9 Å². The summed E-state index contributed by atoms with van der Waals surface area (Å²) in [6.07, 6.45) is 1.60. The Hall–Kier alpha value is -1.58. The van der Waals surface area contributed by atoms with Gasteiger partial charge in [0.15, 0.2) is 0 Å². The topological polar surface area (TPSA) is 38.7 Å². The number of rotatable bonds is 4. The van der Waals surface area contributed by atoms with E-state index in [9.17, 15) is 5.11 Å². The zero-order chi connectivity index (χ0) is 14.8. The van der Waals surface area contributed by atoms with Gasteiger partial charge in [0.2, 0.25) is 0 Å². The van der Waals surface area contributed by atoms with Gasteiger partial charge in [0.1, 0.15) is 5.75 Å². The monoisotopic (exact) mass is 286 g/mol. The van der Waals surface area contributed by atoms with Crippen molar-refractivity contribution in [2.24, 2.45) is 5.92 Å². The SMILES string of the molecule is CCC1OCCC1C(O)c1ccc2cc(OC)ccc2c1. The Morgan fingerprint density at radius 1 is 1.24 bits per heavy atom. The molecule has 3 heteroatoms. The van der Waals surface area contributed by atoms with Crippen molar-refractivity contribution in [3.05, 3.63) is 42.0 Å². The van der Waals surface area contributed by atoms with Crippen LogP contribution in [0, 0.1) is 5.92 Å². The van der Waals surface area contributed by atoms with Crippen molar-refractivity contribution >= 4 is 10.8 Å². The zero-order valence-electron chi connectivity index (χ0n) is 12.6. The summed E-state index contributed by atoms with van der Waals surface area (Å²) < 4.78 is 10.9. The zero-order valence-corrected chi connectivity index (χ0v) is 12.6. The fourth-order valence-electron chi connectivity index (χ4n) is 3.25. The molecule has 21 heavy (non-hydrogen) atoms. The molecule has 1 aliphatic rings. The maximum atomic E-state index is 10.7. The second kappa shape index (κ2) is 6.04. The second-order valence-electron chi connectivity index (χ2n) is 5.69. The van der Waals surface area contributed by atoms with Gasteiger partial charge in [0, 0.05) is 12.5 Å². The van der Waals surface area contributed by atoms with Crippen molar-refractivity contribution in [2.75, 3.05) is 13.7 Å². The Balaban J connectivity index is 1.90. The Morgan fingerprint density at radius 3 is 2.76 bits per heavy atom. The summed E-state index contributed by atoms with van der Waals surface area (Å²) in [5, 5.41) is 12.9. The van der Waals surface area contributed by atoms with E-state index in [0.717, 1.165) is 41.5 Å². The molecule has 3 atom stereocenters. The summed E-state index contributed by atoms with van der Waals surface area (Å²) in [6, 6.07) is 12.1. The summed E-state index contributed by atoms with van der Waals surface area (Å²) in [6.45, 7) is 2.87. The van der Waals surface area contributed by atoms with Crippen molar-refractivity contribution in [1.29, 1.82) is 0 Å². The minimum absolute atomic E-state index is 0.173. The number of benzene rings is 2. The number of hydrogen-bond donors (Lipinski definition) is 1. The number of aliphatic hydroxyl groups excluding tert-OH is 1. The number of fused-ring (bicyclic) bond motifs is 1. The smallest absolute Gasteiger partial charge is 0.119 e. The molecule has 0 radical (unpaired) electrons. The van der Waals surface area contributed by atoms with E-state index >= 15 is 0 Å². The lowest BCUT2D eigenvalue weighted by Crippen LogP contribution is -2.21. The predicted octanol–water partition coefficient (Wildman–Crippen LogP) is 3.70. The second-order valence-corrected chi connectivity index (χ2v) is 5.69. The van der Waals surface area contributed by atoms with Gasteiger partial charge in [-0.25, -0.2) is 0 Å². The van der Waals surface area contributed by atoms with E-state index < -0.39 is 6.10 Å². The fraction of sp³-hybridized carbons (Fsp3) is 0.444. The molecule has 1 saturated heterocycles. The normalized spacial score (nSPS) is 23.4. The Morgan fingerprint density at radius 2 is 2.00 bits per heavy atom. The summed E-state index contributed by atoms with van der Waals surface area (Å²) in [4.78, 5) is 0. The number of methoxy groups -OCH3 is 1. The van der Waals surface area contributed by atoms with Crippen LogP contribution in [0.15, 0.2) is 36.4 Å². The maximum absolute atomic E-state index is 10.7. The van der Waals surface area contributed by atoms with E-state index in [0.29, 0.717) is 0 Å². The van der Waals surface area contributed by atoms with Crippen LogP contribution in [0.5, 0.6) is 5.75 Å². The van der Waals surface area contributed by atoms with Crippen LogP contribution in [0.2, 0.25) is 0 Å². The Kier molecular flexibility index (Phi) is 4.13. The van der Waals surface area contributed by atoms with E-state index in [2.05, 4.69) is 13.0 Å². The third-order valence-corrected chi connectivity index (χ3v) is 4.48. The van der Waals surface area contributed by atoms with E-state index in [1.807, 2.05) is 30.3 Å². The molecule has 2 aromatic carbocycles. The van der Waals surface area contributed by atoms with E-state index in [1.54, 1.807) is 7.11 Å². The Bertz CT molecular complexity index is 623. The van der Waals surface area contributed by atoms with Gasteiger partial charge < -0.3 is 14.6 Å². The molecule has 0 aromatic heterocycles. The van der Waals surface area contributed by atoms with Crippen LogP contribution in [0.1, 0.15) is 31.4 Å². The van der Waals surface area contributed by atoms with Gasteiger partial charge in [-0.15, -0.1) is 0 Å². The van der Waals surface area contributed by atoms with Crippen LogP contribution in [0.3, 0.4) is 0 Å². The number of ether oxygens (including phenoxy) is 2. The average Bonchev–Trinajstić information content (AvgIpc) is 3.01. The molecule has 1 fully saturated rings. The largest absolute Gasteiger partial charge is 0.497 e. The van der Waals surface area contributed by atoms with Crippen molar-refractivity contribution in [1.82, 2.24) is 0 Å². The fourth-order valence-corrected chi connectivity index (χ4v) is 3.25. The molecule has 3 unspecified atom stereocenters. The first-order chi connectivity index (χ1) is 10.2. The minimum atomic E-state index is -0.455. The molecular formula is C18H22O3. The molecule has 0 aliphatic carbocycles. The minimum Gasteiger partial charge on any atom is -0.497 e. The number of aliphatic hydroxyl groups is 1. The molecule has 1 N–H and O–H groups in total. The highest BCUT2D eigenvalue weighted by molar-refractivity contribution is 5.84. The van der Waals surface area contributed by atoms with Crippen LogP contribution < -0.4 is 4.74 Å². The Labute approximate surface area is 125 Å². The highest BCUT2D eigenvalue weighted by Gasteiger charge is 2.33. The summed E-state index contributed by atoms with van der Waals surface area (Å²) in [5.74, 6) is 1.05. The van der Waals surface area contributed by atoms with Gasteiger partial charge in [-0.3, -0.25) is 0 Å². The highest BCUT2D eigenvalue weighted by Crippen LogP contribution is 2.36. The lowest BCUT2D eigenvalue weighted by Gasteiger charge is -2.23. The highest BCUT2D eigenvalue weighted by atomic mass is 16.5. The van der Waals surface area contributed by atoms with Gasteiger partial charge in [-0.2, -0.15) is 0 Å². The maximum Gasteiger partial charge on any atom is 0.119 e. The molecule has 112 valence electrons. The molecule has 3 rings (SSSR count). The molecule has 0 spiro atoms. The van der Waals surface area contributed by atoms with Gasteiger partial charge in [0.05, 0.1) is 19.3 Å². The molecule has 3 nitrogen and oxygen atoms in total. The predicted molar refractivity (Wildman–Crippen MR) is 83.6 cm³/mol.